The van der Waals surface area contributed by atoms with Crippen LogP contribution in [-0.2, 0) is 6.54 Å². The second-order valence-electron chi connectivity index (χ2n) is 7.69. The van der Waals surface area contributed by atoms with E-state index < -0.39 is 0 Å². The van der Waals surface area contributed by atoms with Crippen LogP contribution in [0, 0.1) is 11.3 Å². The highest BCUT2D eigenvalue weighted by atomic mass is 15.6. The molecule has 0 aliphatic carbocycles. The van der Waals surface area contributed by atoms with E-state index in [4.69, 9.17) is 0 Å². The van der Waals surface area contributed by atoms with Crippen molar-refractivity contribution in [2.75, 3.05) is 18.1 Å². The number of hydrazine groups is 1. The molecule has 0 atom stereocenters. The fourth-order valence-electron chi connectivity index (χ4n) is 4.41. The number of fused-ring (bicyclic) bond motifs is 2. The fraction of sp³-hybridized carbons (Fsp3) is 0.192. The molecule has 4 aromatic carbocycles. The molecule has 1 fully saturated rings. The minimum Gasteiger partial charge on any atom is -0.305 e. The van der Waals surface area contributed by atoms with Crippen LogP contribution in [0.15, 0.2) is 78.9 Å². The lowest BCUT2D eigenvalue weighted by molar-refractivity contribution is 0.205. The molecule has 29 heavy (non-hydrogen) atoms. The summed E-state index contributed by atoms with van der Waals surface area (Å²) in [6, 6.07) is 30.0. The minimum atomic E-state index is 0.738. The average molecular weight is 377 g/mol. The van der Waals surface area contributed by atoms with Crippen molar-refractivity contribution >= 4 is 27.2 Å². The van der Waals surface area contributed by atoms with Gasteiger partial charge >= 0.3 is 0 Å². The summed E-state index contributed by atoms with van der Waals surface area (Å²) in [5, 5.41) is 19.1. The molecular weight excluding hydrogens is 354 g/mol. The predicted molar refractivity (Wildman–Crippen MR) is 120 cm³/mol. The summed E-state index contributed by atoms with van der Waals surface area (Å²) < 4.78 is 0. The van der Waals surface area contributed by atoms with Crippen LogP contribution in [0.3, 0.4) is 0 Å². The Morgan fingerprint density at radius 2 is 1.52 bits per heavy atom. The molecule has 0 aromatic heterocycles. The summed E-state index contributed by atoms with van der Waals surface area (Å²) in [6.45, 7) is 2.93. The zero-order chi connectivity index (χ0) is 19.6. The molecule has 1 heterocycles. The molecule has 0 amide bonds. The Hall–Kier alpha value is -3.35. The highest BCUT2D eigenvalue weighted by Crippen LogP contribution is 2.32. The first kappa shape index (κ1) is 17.7. The van der Waals surface area contributed by atoms with Gasteiger partial charge in [-0.3, -0.25) is 0 Å². The maximum Gasteiger partial charge on any atom is 0.0998 e. The van der Waals surface area contributed by atoms with Crippen LogP contribution in [0.5, 0.6) is 0 Å². The molecule has 1 aliphatic heterocycles. The van der Waals surface area contributed by atoms with E-state index in [1.807, 2.05) is 12.1 Å². The molecule has 0 spiro atoms. The third-order valence-corrected chi connectivity index (χ3v) is 5.86. The molecule has 0 bridgehead atoms. The SMILES string of the molecule is N#Cc1ccc(N2CCCCN2Cc2ccc3ccccc3c2)c2ccccc12. The van der Waals surface area contributed by atoms with E-state index in [9.17, 15) is 5.26 Å². The molecule has 142 valence electrons. The van der Waals surface area contributed by atoms with Gasteiger partial charge < -0.3 is 5.01 Å². The van der Waals surface area contributed by atoms with Crippen LogP contribution in [0.2, 0.25) is 0 Å². The average Bonchev–Trinajstić information content (AvgIpc) is 2.79. The highest BCUT2D eigenvalue weighted by Gasteiger charge is 2.22. The van der Waals surface area contributed by atoms with Gasteiger partial charge in [0.05, 0.1) is 17.3 Å². The Kier molecular flexibility index (Phi) is 4.63. The summed E-state index contributed by atoms with van der Waals surface area (Å²) in [5.41, 5.74) is 3.26. The van der Waals surface area contributed by atoms with E-state index in [1.54, 1.807) is 0 Å². The van der Waals surface area contributed by atoms with Crippen molar-refractivity contribution < 1.29 is 0 Å². The Balaban J connectivity index is 1.52. The summed E-state index contributed by atoms with van der Waals surface area (Å²) in [5.74, 6) is 0. The number of benzene rings is 4. The number of hydrogen-bond acceptors (Lipinski definition) is 3. The third kappa shape index (κ3) is 3.33. The number of rotatable bonds is 3. The Morgan fingerprint density at radius 1 is 0.759 bits per heavy atom. The summed E-state index contributed by atoms with van der Waals surface area (Å²) >= 11 is 0. The predicted octanol–water partition coefficient (Wildman–Crippen LogP) is 5.88. The van der Waals surface area contributed by atoms with E-state index >= 15 is 0 Å². The largest absolute Gasteiger partial charge is 0.305 e. The van der Waals surface area contributed by atoms with Crippen molar-refractivity contribution in [2.24, 2.45) is 0 Å². The molecule has 4 aromatic rings. The van der Waals surface area contributed by atoms with Gasteiger partial charge in [-0.25, -0.2) is 5.01 Å². The molecule has 1 aliphatic rings. The van der Waals surface area contributed by atoms with E-state index in [1.165, 1.54) is 34.9 Å². The van der Waals surface area contributed by atoms with Crippen molar-refractivity contribution in [3.05, 3.63) is 90.0 Å². The van der Waals surface area contributed by atoms with Gasteiger partial charge in [0.2, 0.25) is 0 Å². The Bertz CT molecular complexity index is 1220. The van der Waals surface area contributed by atoms with Crippen LogP contribution in [-0.4, -0.2) is 18.1 Å². The third-order valence-electron chi connectivity index (χ3n) is 5.86. The molecule has 0 unspecified atom stereocenters. The van der Waals surface area contributed by atoms with E-state index in [2.05, 4.69) is 82.8 Å². The number of nitrogens with zero attached hydrogens (tertiary/aromatic N) is 3. The van der Waals surface area contributed by atoms with Gasteiger partial charge in [-0.15, -0.1) is 0 Å². The van der Waals surface area contributed by atoms with Crippen LogP contribution in [0.25, 0.3) is 21.5 Å². The van der Waals surface area contributed by atoms with Crippen molar-refractivity contribution in [1.82, 2.24) is 5.01 Å². The van der Waals surface area contributed by atoms with Gasteiger partial charge in [0.25, 0.3) is 0 Å². The number of nitriles is 1. The Morgan fingerprint density at radius 3 is 2.38 bits per heavy atom. The van der Waals surface area contributed by atoms with Gasteiger partial charge in [0.15, 0.2) is 0 Å². The lowest BCUT2D eigenvalue weighted by Gasteiger charge is -2.41. The van der Waals surface area contributed by atoms with E-state index in [0.717, 1.165) is 36.0 Å². The van der Waals surface area contributed by atoms with Gasteiger partial charge in [0.1, 0.15) is 0 Å². The Labute approximate surface area is 171 Å². The smallest absolute Gasteiger partial charge is 0.0998 e. The summed E-state index contributed by atoms with van der Waals surface area (Å²) in [6.07, 6.45) is 2.39. The summed E-state index contributed by atoms with van der Waals surface area (Å²) in [7, 11) is 0. The lowest BCUT2D eigenvalue weighted by Crippen LogP contribution is -2.47. The first-order valence-electron chi connectivity index (χ1n) is 10.3. The minimum absolute atomic E-state index is 0.738. The van der Waals surface area contributed by atoms with Crippen molar-refractivity contribution in [1.29, 1.82) is 5.26 Å². The zero-order valence-electron chi connectivity index (χ0n) is 16.4. The monoisotopic (exact) mass is 377 g/mol. The first-order chi connectivity index (χ1) is 14.3. The molecule has 0 saturated carbocycles. The van der Waals surface area contributed by atoms with Gasteiger partial charge in [-0.05, 0) is 47.4 Å². The van der Waals surface area contributed by atoms with Gasteiger partial charge in [-0.1, -0.05) is 60.7 Å². The molecular formula is C26H23N3. The number of hydrogen-bond donors (Lipinski definition) is 0. The molecule has 0 N–H and O–H groups in total. The molecule has 0 radical (unpaired) electrons. The van der Waals surface area contributed by atoms with E-state index in [0.29, 0.717) is 0 Å². The highest BCUT2D eigenvalue weighted by molar-refractivity contribution is 5.97. The van der Waals surface area contributed by atoms with Crippen molar-refractivity contribution in [2.45, 2.75) is 19.4 Å². The summed E-state index contributed by atoms with van der Waals surface area (Å²) in [4.78, 5) is 0. The second kappa shape index (κ2) is 7.58. The molecule has 1 saturated heterocycles. The van der Waals surface area contributed by atoms with Crippen LogP contribution >= 0.6 is 0 Å². The number of anilines is 1. The maximum absolute atomic E-state index is 9.50. The standard InChI is InChI=1S/C26H23N3/c27-18-23-13-14-26(25-10-4-3-9-24(23)25)29-16-6-5-15-28(29)19-20-11-12-21-7-1-2-8-22(21)17-20/h1-4,7-14,17H,5-6,15-16,19H2. The maximum atomic E-state index is 9.50. The van der Waals surface area contributed by atoms with Gasteiger partial charge in [0, 0.05) is 30.4 Å². The molecule has 3 heteroatoms. The second-order valence-corrected chi connectivity index (χ2v) is 7.69. The first-order valence-corrected chi connectivity index (χ1v) is 10.3. The fourth-order valence-corrected chi connectivity index (χ4v) is 4.41. The molecule has 3 nitrogen and oxygen atoms in total. The quantitative estimate of drug-likeness (QED) is 0.446. The lowest BCUT2D eigenvalue weighted by atomic mass is 10.0. The molecule has 5 rings (SSSR count). The van der Waals surface area contributed by atoms with Gasteiger partial charge in [-0.2, -0.15) is 5.26 Å². The van der Waals surface area contributed by atoms with E-state index in [-0.39, 0.29) is 0 Å². The topological polar surface area (TPSA) is 30.3 Å². The van der Waals surface area contributed by atoms with Crippen LogP contribution < -0.4 is 5.01 Å². The normalized spacial score (nSPS) is 14.9. The van der Waals surface area contributed by atoms with Crippen LogP contribution in [0.1, 0.15) is 24.0 Å². The zero-order valence-corrected chi connectivity index (χ0v) is 16.4. The van der Waals surface area contributed by atoms with Crippen LogP contribution in [0.4, 0.5) is 5.69 Å². The van der Waals surface area contributed by atoms with Crippen molar-refractivity contribution in [3.8, 4) is 6.07 Å². The van der Waals surface area contributed by atoms with Crippen molar-refractivity contribution in [3.63, 3.8) is 0 Å².